The zero-order valence-corrected chi connectivity index (χ0v) is 15.4. The van der Waals surface area contributed by atoms with Crippen LogP contribution in [0.3, 0.4) is 0 Å². The van der Waals surface area contributed by atoms with Gasteiger partial charge in [-0.15, -0.1) is 0 Å². The molecule has 27 heavy (non-hydrogen) atoms. The Kier molecular flexibility index (Phi) is 5.33. The van der Waals surface area contributed by atoms with Gasteiger partial charge in [-0.1, -0.05) is 11.6 Å². The highest BCUT2D eigenvalue weighted by Gasteiger charge is 2.23. The quantitative estimate of drug-likeness (QED) is 0.634. The Morgan fingerprint density at radius 1 is 1.33 bits per heavy atom. The van der Waals surface area contributed by atoms with Gasteiger partial charge in [0.25, 0.3) is 15.9 Å². The first kappa shape index (κ1) is 19.1. The minimum absolute atomic E-state index is 0.200. The van der Waals surface area contributed by atoms with Gasteiger partial charge in [-0.3, -0.25) is 9.12 Å². The molecule has 12 heteroatoms. The molecule has 0 fully saturated rings. The van der Waals surface area contributed by atoms with E-state index in [1.165, 1.54) is 29.8 Å². The molecule has 0 aliphatic heterocycles. The number of hydrogen-bond donors (Lipinski definition) is 1. The van der Waals surface area contributed by atoms with E-state index in [9.17, 15) is 17.2 Å². The number of sulfonamides is 1. The number of nitrogens with zero attached hydrogens (tertiary/aromatic N) is 3. The molecule has 0 unspecified atom stereocenters. The second-order valence-electron chi connectivity index (χ2n) is 5.14. The molecule has 0 aliphatic rings. The maximum Gasteiger partial charge on any atom is 0.279 e. The fourth-order valence-corrected chi connectivity index (χ4v) is 3.55. The number of pyridine rings is 2. The summed E-state index contributed by atoms with van der Waals surface area (Å²) in [4.78, 5) is 7.69. The average Bonchev–Trinajstić information content (AvgIpc) is 3.04. The third-order valence-electron chi connectivity index (χ3n) is 3.38. The molecule has 144 valence electrons. The molecular weight excluding hydrogens is 406 g/mol. The van der Waals surface area contributed by atoms with Gasteiger partial charge in [0, 0.05) is 23.4 Å². The number of nitrogens with one attached hydrogen (secondary N) is 1. The summed E-state index contributed by atoms with van der Waals surface area (Å²) >= 11 is 5.86. The minimum atomic E-state index is -4.17. The van der Waals surface area contributed by atoms with Crippen molar-refractivity contribution < 1.29 is 26.7 Å². The van der Waals surface area contributed by atoms with E-state index in [4.69, 9.17) is 21.1 Å². The predicted molar refractivity (Wildman–Crippen MR) is 93.2 cm³/mol. The molecule has 0 spiro atoms. The van der Waals surface area contributed by atoms with Crippen LogP contribution in [-0.2, 0) is 10.0 Å². The Morgan fingerprint density at radius 3 is 2.81 bits per heavy atom. The second-order valence-corrected chi connectivity index (χ2v) is 7.21. The first-order valence-corrected chi connectivity index (χ1v) is 9.30. The molecule has 0 atom stereocenters. The van der Waals surface area contributed by atoms with Gasteiger partial charge < -0.3 is 9.47 Å². The molecule has 0 aromatic carbocycles. The van der Waals surface area contributed by atoms with E-state index in [-0.39, 0.29) is 16.6 Å². The van der Waals surface area contributed by atoms with Crippen molar-refractivity contribution in [1.29, 1.82) is 0 Å². The molecule has 0 amide bonds. The van der Waals surface area contributed by atoms with Crippen molar-refractivity contribution in [2.75, 3.05) is 25.1 Å². The summed E-state index contributed by atoms with van der Waals surface area (Å²) in [6.45, 7) is -1.24. The van der Waals surface area contributed by atoms with E-state index in [0.29, 0.717) is 10.7 Å². The lowest BCUT2D eigenvalue weighted by molar-refractivity contribution is 0.249. The normalized spacial score (nSPS) is 11.6. The maximum atomic E-state index is 14.1. The van der Waals surface area contributed by atoms with Gasteiger partial charge in [-0.2, -0.15) is 13.4 Å². The lowest BCUT2D eigenvalue weighted by Crippen LogP contribution is -2.16. The number of rotatable bonds is 7. The SMILES string of the molecule is COc1nc(OCCF)c(F)cc1NS(=O)(=O)c1cnc2cc(Cl)ccn12. The zero-order valence-electron chi connectivity index (χ0n) is 13.8. The monoisotopic (exact) mass is 418 g/mol. The van der Waals surface area contributed by atoms with Crippen LogP contribution in [0.15, 0.2) is 35.6 Å². The van der Waals surface area contributed by atoms with Gasteiger partial charge >= 0.3 is 0 Å². The minimum Gasteiger partial charge on any atom is -0.479 e. The Hall–Kier alpha value is -2.66. The van der Waals surface area contributed by atoms with Gasteiger partial charge in [0.05, 0.1) is 13.3 Å². The van der Waals surface area contributed by atoms with Crippen molar-refractivity contribution in [1.82, 2.24) is 14.4 Å². The molecular formula is C15H13ClF2N4O4S. The van der Waals surface area contributed by atoms with Crippen LogP contribution >= 0.6 is 11.6 Å². The smallest absolute Gasteiger partial charge is 0.279 e. The van der Waals surface area contributed by atoms with Crippen LogP contribution in [-0.4, -0.2) is 43.2 Å². The maximum absolute atomic E-state index is 14.1. The fraction of sp³-hybridized carbons (Fsp3) is 0.200. The number of halogens is 3. The number of anilines is 1. The summed E-state index contributed by atoms with van der Waals surface area (Å²) in [5.74, 6) is -1.73. The number of alkyl halides is 1. The highest BCUT2D eigenvalue weighted by atomic mass is 35.5. The molecule has 0 saturated heterocycles. The van der Waals surface area contributed by atoms with E-state index in [1.54, 1.807) is 0 Å². The van der Waals surface area contributed by atoms with Gasteiger partial charge in [0.15, 0.2) is 10.8 Å². The molecule has 0 saturated carbocycles. The highest BCUT2D eigenvalue weighted by Crippen LogP contribution is 2.30. The predicted octanol–water partition coefficient (Wildman–Crippen LogP) is 2.68. The van der Waals surface area contributed by atoms with Crippen molar-refractivity contribution in [3.8, 4) is 11.8 Å². The van der Waals surface area contributed by atoms with Gasteiger partial charge in [0.1, 0.15) is 24.6 Å². The van der Waals surface area contributed by atoms with E-state index in [1.807, 2.05) is 0 Å². The summed E-state index contributed by atoms with van der Waals surface area (Å²) in [6.07, 6.45) is 2.56. The van der Waals surface area contributed by atoms with Crippen LogP contribution in [0.1, 0.15) is 0 Å². The first-order chi connectivity index (χ1) is 12.9. The van der Waals surface area contributed by atoms with Crippen LogP contribution in [0.2, 0.25) is 5.02 Å². The summed E-state index contributed by atoms with van der Waals surface area (Å²) in [7, 11) is -2.95. The molecule has 0 aliphatic carbocycles. The van der Waals surface area contributed by atoms with Crippen LogP contribution in [0.25, 0.3) is 5.65 Å². The van der Waals surface area contributed by atoms with Crippen molar-refractivity contribution in [3.63, 3.8) is 0 Å². The summed E-state index contributed by atoms with van der Waals surface area (Å²) in [5, 5.41) is 0.191. The van der Waals surface area contributed by atoms with Crippen LogP contribution in [0.4, 0.5) is 14.5 Å². The van der Waals surface area contributed by atoms with Crippen LogP contribution < -0.4 is 14.2 Å². The Morgan fingerprint density at radius 2 is 2.11 bits per heavy atom. The van der Waals surface area contributed by atoms with Crippen LogP contribution in [0.5, 0.6) is 11.8 Å². The largest absolute Gasteiger partial charge is 0.479 e. The summed E-state index contributed by atoms with van der Waals surface area (Å²) in [6, 6.07) is 3.81. The average molecular weight is 419 g/mol. The number of fused-ring (bicyclic) bond motifs is 1. The van der Waals surface area contributed by atoms with E-state index < -0.39 is 35.0 Å². The lowest BCUT2D eigenvalue weighted by Gasteiger charge is -2.13. The lowest BCUT2D eigenvalue weighted by atomic mass is 10.4. The van der Waals surface area contributed by atoms with E-state index >= 15 is 0 Å². The van der Waals surface area contributed by atoms with Gasteiger partial charge in [-0.25, -0.2) is 13.8 Å². The van der Waals surface area contributed by atoms with Crippen molar-refractivity contribution >= 4 is 33.0 Å². The fourth-order valence-electron chi connectivity index (χ4n) is 2.25. The molecule has 1 N–H and O–H groups in total. The number of methoxy groups -OCH3 is 1. The van der Waals surface area contributed by atoms with Crippen molar-refractivity contribution in [2.45, 2.75) is 5.03 Å². The van der Waals surface area contributed by atoms with Crippen LogP contribution in [0, 0.1) is 5.82 Å². The van der Waals surface area contributed by atoms with Gasteiger partial charge in [0.2, 0.25) is 5.88 Å². The summed E-state index contributed by atoms with van der Waals surface area (Å²) < 4.78 is 64.9. The molecule has 3 aromatic rings. The molecule has 3 heterocycles. The molecule has 0 radical (unpaired) electrons. The highest BCUT2D eigenvalue weighted by molar-refractivity contribution is 7.92. The summed E-state index contributed by atoms with van der Waals surface area (Å²) in [5.41, 5.74) is 0.0561. The Balaban J connectivity index is 1.98. The topological polar surface area (TPSA) is 94.8 Å². The molecule has 3 rings (SSSR count). The number of hydrogen-bond acceptors (Lipinski definition) is 6. The third-order valence-corrected chi connectivity index (χ3v) is 4.96. The zero-order chi connectivity index (χ0) is 19.6. The van der Waals surface area contributed by atoms with E-state index in [0.717, 1.165) is 12.3 Å². The standard InChI is InChI=1S/C15H13ClF2N4O4S/c1-25-15-11(7-10(18)14(20-15)26-5-3-17)21-27(23,24)13-8-19-12-6-9(16)2-4-22(12)13/h2,4,6-8,21H,3,5H2,1H3. The number of imidazole rings is 1. The van der Waals surface area contributed by atoms with E-state index in [2.05, 4.69) is 14.7 Å². The molecule has 3 aromatic heterocycles. The van der Waals surface area contributed by atoms with Gasteiger partial charge in [-0.05, 0) is 6.07 Å². The second kappa shape index (κ2) is 7.53. The molecule has 0 bridgehead atoms. The third kappa shape index (κ3) is 3.88. The Bertz CT molecular complexity index is 1090. The molecule has 8 nitrogen and oxygen atoms in total. The number of aromatic nitrogens is 3. The number of ether oxygens (including phenoxy) is 2. The Labute approximate surface area is 157 Å². The first-order valence-electron chi connectivity index (χ1n) is 7.44. The van der Waals surface area contributed by atoms with Crippen molar-refractivity contribution in [2.24, 2.45) is 0 Å². The van der Waals surface area contributed by atoms with Crippen molar-refractivity contribution in [3.05, 3.63) is 41.4 Å².